The van der Waals surface area contributed by atoms with Crippen molar-refractivity contribution in [1.29, 1.82) is 0 Å². The van der Waals surface area contributed by atoms with Crippen molar-refractivity contribution in [1.82, 2.24) is 5.32 Å². The molecule has 0 fully saturated rings. The Balaban J connectivity index is 2.24. The first-order chi connectivity index (χ1) is 9.72. The summed E-state index contributed by atoms with van der Waals surface area (Å²) < 4.78 is 11.1. The number of rotatable bonds is 6. The quantitative estimate of drug-likeness (QED) is 0.863. The smallest absolute Gasteiger partial charge is 0.133 e. The Hall–Kier alpha value is -1.71. The fraction of sp³-hybridized carbons (Fsp3) is 0.250. The van der Waals surface area contributed by atoms with Crippen LogP contribution >= 0.6 is 11.6 Å². The van der Waals surface area contributed by atoms with Crippen molar-refractivity contribution < 1.29 is 9.47 Å². The highest BCUT2D eigenvalue weighted by Gasteiger charge is 2.06. The third kappa shape index (κ3) is 3.89. The number of hydrogen-bond acceptors (Lipinski definition) is 3. The van der Waals surface area contributed by atoms with Crippen molar-refractivity contribution in [3.63, 3.8) is 0 Å². The lowest BCUT2D eigenvalue weighted by atomic mass is 10.2. The molecule has 0 saturated carbocycles. The van der Waals surface area contributed by atoms with Crippen molar-refractivity contribution in [3.8, 4) is 17.2 Å². The van der Waals surface area contributed by atoms with Crippen LogP contribution in [0.15, 0.2) is 42.5 Å². The van der Waals surface area contributed by atoms with Gasteiger partial charge in [0.15, 0.2) is 0 Å². The summed E-state index contributed by atoms with van der Waals surface area (Å²) in [5, 5.41) is 3.94. The zero-order chi connectivity index (χ0) is 14.4. The maximum absolute atomic E-state index is 6.05. The minimum atomic E-state index is 0.656. The van der Waals surface area contributed by atoms with Gasteiger partial charge in [0.1, 0.15) is 17.2 Å². The maximum atomic E-state index is 6.05. The molecule has 0 radical (unpaired) electrons. The van der Waals surface area contributed by atoms with Gasteiger partial charge in [-0.3, -0.25) is 0 Å². The molecule has 0 aromatic heterocycles. The summed E-state index contributed by atoms with van der Waals surface area (Å²) in [7, 11) is 1.63. The minimum Gasteiger partial charge on any atom is -0.497 e. The number of ether oxygens (including phenoxy) is 2. The topological polar surface area (TPSA) is 30.5 Å². The highest BCUT2D eigenvalue weighted by molar-refractivity contribution is 6.30. The van der Waals surface area contributed by atoms with E-state index < -0.39 is 0 Å². The predicted molar refractivity (Wildman–Crippen MR) is 81.9 cm³/mol. The van der Waals surface area contributed by atoms with Crippen molar-refractivity contribution in [2.75, 3.05) is 13.7 Å². The zero-order valence-corrected chi connectivity index (χ0v) is 12.4. The first-order valence-electron chi connectivity index (χ1n) is 6.54. The molecule has 0 heterocycles. The molecule has 106 valence electrons. The summed E-state index contributed by atoms with van der Waals surface area (Å²) in [6.07, 6.45) is 0. The summed E-state index contributed by atoms with van der Waals surface area (Å²) in [6.45, 7) is 3.71. The van der Waals surface area contributed by atoms with E-state index in [1.54, 1.807) is 7.11 Å². The third-order valence-corrected chi connectivity index (χ3v) is 3.10. The summed E-state index contributed by atoms with van der Waals surface area (Å²) in [5.74, 6) is 2.24. The number of benzene rings is 2. The molecule has 0 spiro atoms. The van der Waals surface area contributed by atoms with Crippen LogP contribution in [-0.4, -0.2) is 13.7 Å². The normalized spacial score (nSPS) is 10.3. The van der Waals surface area contributed by atoms with Crippen LogP contribution in [0.1, 0.15) is 12.5 Å². The fourth-order valence-corrected chi connectivity index (χ4v) is 1.98. The number of methoxy groups -OCH3 is 1. The number of hydrogen-bond donors (Lipinski definition) is 1. The van der Waals surface area contributed by atoms with E-state index in [9.17, 15) is 0 Å². The van der Waals surface area contributed by atoms with Gasteiger partial charge in [-0.25, -0.2) is 0 Å². The van der Waals surface area contributed by atoms with Crippen LogP contribution in [0.5, 0.6) is 17.2 Å². The van der Waals surface area contributed by atoms with Gasteiger partial charge in [-0.2, -0.15) is 0 Å². The maximum Gasteiger partial charge on any atom is 0.133 e. The van der Waals surface area contributed by atoms with Crippen LogP contribution in [0, 0.1) is 0 Å². The Morgan fingerprint density at radius 2 is 1.90 bits per heavy atom. The Morgan fingerprint density at radius 1 is 1.10 bits per heavy atom. The van der Waals surface area contributed by atoms with Crippen molar-refractivity contribution in [3.05, 3.63) is 53.1 Å². The molecule has 0 amide bonds. The molecule has 0 aliphatic heterocycles. The van der Waals surface area contributed by atoms with Crippen molar-refractivity contribution in [2.24, 2.45) is 0 Å². The summed E-state index contributed by atoms with van der Waals surface area (Å²) in [6, 6.07) is 13.2. The molecule has 0 aliphatic carbocycles. The van der Waals surface area contributed by atoms with Crippen LogP contribution < -0.4 is 14.8 Å². The lowest BCUT2D eigenvalue weighted by Gasteiger charge is -2.12. The molecule has 0 saturated heterocycles. The minimum absolute atomic E-state index is 0.656. The SMILES string of the molecule is CCNCc1ccc(Cl)cc1Oc1cccc(OC)c1. The monoisotopic (exact) mass is 291 g/mol. The molecule has 0 bridgehead atoms. The van der Waals surface area contributed by atoms with E-state index in [1.165, 1.54) is 0 Å². The second-order valence-corrected chi connectivity index (χ2v) is 4.75. The van der Waals surface area contributed by atoms with Crippen LogP contribution in [0.4, 0.5) is 0 Å². The average Bonchev–Trinajstić information content (AvgIpc) is 2.47. The second kappa shape index (κ2) is 7.17. The Bertz CT molecular complexity index is 572. The Labute approximate surface area is 124 Å². The van der Waals surface area contributed by atoms with Crippen LogP contribution in [0.25, 0.3) is 0 Å². The van der Waals surface area contributed by atoms with Crippen LogP contribution in [-0.2, 0) is 6.54 Å². The Morgan fingerprint density at radius 3 is 2.65 bits per heavy atom. The van der Waals surface area contributed by atoms with E-state index >= 15 is 0 Å². The van der Waals surface area contributed by atoms with Gasteiger partial charge in [0, 0.05) is 23.2 Å². The van der Waals surface area contributed by atoms with Crippen molar-refractivity contribution >= 4 is 11.6 Å². The van der Waals surface area contributed by atoms with Gasteiger partial charge in [-0.1, -0.05) is 30.7 Å². The molecular formula is C16H18ClNO2. The molecule has 1 N–H and O–H groups in total. The second-order valence-electron chi connectivity index (χ2n) is 4.31. The molecule has 0 atom stereocenters. The highest BCUT2D eigenvalue weighted by Crippen LogP contribution is 2.30. The lowest BCUT2D eigenvalue weighted by molar-refractivity contribution is 0.408. The summed E-state index contributed by atoms with van der Waals surface area (Å²) >= 11 is 6.05. The lowest BCUT2D eigenvalue weighted by Crippen LogP contribution is -2.12. The first-order valence-corrected chi connectivity index (χ1v) is 6.91. The zero-order valence-electron chi connectivity index (χ0n) is 11.7. The fourth-order valence-electron chi connectivity index (χ4n) is 1.82. The van der Waals surface area contributed by atoms with Gasteiger partial charge in [0.05, 0.1) is 7.11 Å². The molecule has 2 aromatic rings. The molecule has 4 heteroatoms. The van der Waals surface area contributed by atoms with Gasteiger partial charge in [-0.15, -0.1) is 0 Å². The van der Waals surface area contributed by atoms with Crippen LogP contribution in [0.2, 0.25) is 5.02 Å². The van der Waals surface area contributed by atoms with Gasteiger partial charge in [-0.05, 0) is 30.8 Å². The summed E-state index contributed by atoms with van der Waals surface area (Å²) in [5.41, 5.74) is 1.07. The number of halogens is 1. The van der Waals surface area contributed by atoms with Crippen molar-refractivity contribution in [2.45, 2.75) is 13.5 Å². The highest BCUT2D eigenvalue weighted by atomic mass is 35.5. The van der Waals surface area contributed by atoms with Gasteiger partial charge < -0.3 is 14.8 Å². The molecule has 0 unspecified atom stereocenters. The van der Waals surface area contributed by atoms with E-state index in [4.69, 9.17) is 21.1 Å². The van der Waals surface area contributed by atoms with E-state index in [1.807, 2.05) is 42.5 Å². The van der Waals surface area contributed by atoms with Gasteiger partial charge in [0.25, 0.3) is 0 Å². The van der Waals surface area contributed by atoms with E-state index in [0.717, 1.165) is 35.9 Å². The molecule has 20 heavy (non-hydrogen) atoms. The van der Waals surface area contributed by atoms with E-state index in [-0.39, 0.29) is 0 Å². The first kappa shape index (κ1) is 14.7. The largest absolute Gasteiger partial charge is 0.497 e. The third-order valence-electron chi connectivity index (χ3n) is 2.86. The van der Waals surface area contributed by atoms with E-state index in [2.05, 4.69) is 12.2 Å². The average molecular weight is 292 g/mol. The van der Waals surface area contributed by atoms with Gasteiger partial charge in [0.2, 0.25) is 0 Å². The summed E-state index contributed by atoms with van der Waals surface area (Å²) in [4.78, 5) is 0. The molecule has 3 nitrogen and oxygen atoms in total. The molecule has 2 aromatic carbocycles. The number of nitrogens with one attached hydrogen (secondary N) is 1. The Kier molecular flexibility index (Phi) is 5.27. The molecular weight excluding hydrogens is 274 g/mol. The van der Waals surface area contributed by atoms with E-state index in [0.29, 0.717) is 5.02 Å². The molecule has 0 aliphatic rings. The predicted octanol–water partition coefficient (Wildman–Crippen LogP) is 4.25. The standard InChI is InChI=1S/C16H18ClNO2/c1-3-18-11-12-7-8-13(17)9-16(12)20-15-6-4-5-14(10-15)19-2/h4-10,18H,3,11H2,1-2H3. The van der Waals surface area contributed by atoms with Crippen LogP contribution in [0.3, 0.4) is 0 Å². The van der Waals surface area contributed by atoms with Gasteiger partial charge >= 0.3 is 0 Å². The molecule has 2 rings (SSSR count).